The van der Waals surface area contributed by atoms with Gasteiger partial charge in [0.1, 0.15) is 12.4 Å². The Morgan fingerprint density at radius 1 is 1.04 bits per heavy atom. The van der Waals surface area contributed by atoms with Crippen LogP contribution >= 0.6 is 0 Å². The number of hydrogen-bond acceptors (Lipinski definition) is 3. The van der Waals surface area contributed by atoms with Gasteiger partial charge in [0.05, 0.1) is 6.54 Å². The Hall–Kier alpha value is -2.82. The summed E-state index contributed by atoms with van der Waals surface area (Å²) < 4.78 is 5.53. The number of anilines is 1. The fourth-order valence-electron chi connectivity index (χ4n) is 2.28. The second kappa shape index (κ2) is 7.64. The van der Waals surface area contributed by atoms with Crippen LogP contribution in [0.1, 0.15) is 23.2 Å². The molecule has 5 nitrogen and oxygen atoms in total. The molecule has 1 aliphatic rings. The van der Waals surface area contributed by atoms with E-state index in [1.54, 1.807) is 24.3 Å². The average Bonchev–Trinajstić information content (AvgIpc) is 3.45. The molecular formula is C19H20N2O3. The van der Waals surface area contributed by atoms with Gasteiger partial charge in [-0.1, -0.05) is 24.3 Å². The number of carbonyl (C=O) groups excluding carboxylic acids is 2. The van der Waals surface area contributed by atoms with Gasteiger partial charge < -0.3 is 15.4 Å². The Kier molecular flexibility index (Phi) is 5.11. The predicted molar refractivity (Wildman–Crippen MR) is 92.1 cm³/mol. The van der Waals surface area contributed by atoms with E-state index < -0.39 is 0 Å². The maximum Gasteiger partial charge on any atom is 0.251 e. The zero-order valence-corrected chi connectivity index (χ0v) is 13.3. The molecule has 0 spiro atoms. The maximum absolute atomic E-state index is 12.2. The molecule has 2 amide bonds. The van der Waals surface area contributed by atoms with Crippen LogP contribution in [0.15, 0.2) is 54.6 Å². The summed E-state index contributed by atoms with van der Waals surface area (Å²) in [6.07, 6.45) is 1.90. The molecule has 5 heteroatoms. The first-order chi connectivity index (χ1) is 11.7. The second-order valence-electron chi connectivity index (χ2n) is 5.76. The molecule has 0 saturated heterocycles. The first kappa shape index (κ1) is 16.1. The molecular weight excluding hydrogens is 304 g/mol. The topological polar surface area (TPSA) is 67.4 Å². The van der Waals surface area contributed by atoms with Crippen molar-refractivity contribution in [2.24, 2.45) is 5.92 Å². The van der Waals surface area contributed by atoms with Gasteiger partial charge in [-0.15, -0.1) is 0 Å². The largest absolute Gasteiger partial charge is 0.492 e. The van der Waals surface area contributed by atoms with Gasteiger partial charge in [-0.25, -0.2) is 0 Å². The number of amides is 2. The van der Waals surface area contributed by atoms with Gasteiger partial charge in [0.2, 0.25) is 5.91 Å². The van der Waals surface area contributed by atoms with Gasteiger partial charge >= 0.3 is 0 Å². The van der Waals surface area contributed by atoms with Crippen LogP contribution in [0.25, 0.3) is 0 Å². The summed E-state index contributed by atoms with van der Waals surface area (Å²) in [5.74, 6) is 0.757. The van der Waals surface area contributed by atoms with Crippen molar-refractivity contribution in [2.75, 3.05) is 18.5 Å². The standard InChI is InChI=1S/C19H20N2O3/c22-18(20-11-12-24-17-7-2-1-3-8-17)15-5-4-6-16(13-15)21-19(23)14-9-10-14/h1-8,13-14H,9-12H2,(H,20,22)(H,21,23). The van der Waals surface area contributed by atoms with Crippen LogP contribution in [0.2, 0.25) is 0 Å². The van der Waals surface area contributed by atoms with Crippen LogP contribution in [0, 0.1) is 5.92 Å². The molecule has 2 aromatic rings. The minimum absolute atomic E-state index is 0.0313. The molecule has 1 fully saturated rings. The molecule has 0 aromatic heterocycles. The van der Waals surface area contributed by atoms with Crippen molar-refractivity contribution >= 4 is 17.5 Å². The van der Waals surface area contributed by atoms with E-state index in [0.717, 1.165) is 18.6 Å². The quantitative estimate of drug-likeness (QED) is 0.770. The van der Waals surface area contributed by atoms with Crippen LogP contribution in [0.5, 0.6) is 5.75 Å². The van der Waals surface area contributed by atoms with Gasteiger partial charge in [0, 0.05) is 17.2 Å². The lowest BCUT2D eigenvalue weighted by molar-refractivity contribution is -0.117. The van der Waals surface area contributed by atoms with Crippen LogP contribution in [0.3, 0.4) is 0 Å². The highest BCUT2D eigenvalue weighted by atomic mass is 16.5. The monoisotopic (exact) mass is 324 g/mol. The summed E-state index contributed by atoms with van der Waals surface area (Å²) in [7, 11) is 0. The second-order valence-corrected chi connectivity index (χ2v) is 5.76. The van der Waals surface area contributed by atoms with E-state index in [4.69, 9.17) is 4.74 Å². The lowest BCUT2D eigenvalue weighted by Gasteiger charge is -2.09. The van der Waals surface area contributed by atoms with Crippen molar-refractivity contribution < 1.29 is 14.3 Å². The van der Waals surface area contributed by atoms with Crippen molar-refractivity contribution in [3.05, 3.63) is 60.2 Å². The highest BCUT2D eigenvalue weighted by molar-refractivity contribution is 5.98. The van der Waals surface area contributed by atoms with E-state index in [9.17, 15) is 9.59 Å². The van der Waals surface area contributed by atoms with Gasteiger partial charge in [0.15, 0.2) is 0 Å². The molecule has 0 bridgehead atoms. The molecule has 0 radical (unpaired) electrons. The van der Waals surface area contributed by atoms with E-state index in [2.05, 4.69) is 10.6 Å². The number of benzene rings is 2. The van der Waals surface area contributed by atoms with E-state index in [1.807, 2.05) is 30.3 Å². The maximum atomic E-state index is 12.2. The summed E-state index contributed by atoms with van der Waals surface area (Å²) in [5, 5.41) is 5.65. The van der Waals surface area contributed by atoms with Crippen LogP contribution in [-0.4, -0.2) is 25.0 Å². The van der Waals surface area contributed by atoms with E-state index in [1.165, 1.54) is 0 Å². The third kappa shape index (κ3) is 4.59. The zero-order chi connectivity index (χ0) is 16.8. The smallest absolute Gasteiger partial charge is 0.251 e. The molecule has 24 heavy (non-hydrogen) atoms. The van der Waals surface area contributed by atoms with E-state index >= 15 is 0 Å². The summed E-state index contributed by atoms with van der Waals surface area (Å²) >= 11 is 0. The van der Waals surface area contributed by atoms with Gasteiger partial charge in [-0.3, -0.25) is 9.59 Å². The predicted octanol–water partition coefficient (Wildman–Crippen LogP) is 2.84. The van der Waals surface area contributed by atoms with Crippen molar-refractivity contribution in [2.45, 2.75) is 12.8 Å². The molecule has 0 heterocycles. The van der Waals surface area contributed by atoms with E-state index in [0.29, 0.717) is 24.4 Å². The lowest BCUT2D eigenvalue weighted by Crippen LogP contribution is -2.28. The molecule has 0 aliphatic heterocycles. The number of para-hydroxylation sites is 1. The fourth-order valence-corrected chi connectivity index (χ4v) is 2.28. The van der Waals surface area contributed by atoms with Crippen molar-refractivity contribution in [3.63, 3.8) is 0 Å². The Morgan fingerprint density at radius 2 is 1.83 bits per heavy atom. The Labute approximate surface area is 141 Å². The Morgan fingerprint density at radius 3 is 2.58 bits per heavy atom. The molecule has 2 aromatic carbocycles. The summed E-state index contributed by atoms with van der Waals surface area (Å²) in [4.78, 5) is 23.9. The zero-order valence-electron chi connectivity index (χ0n) is 13.3. The van der Waals surface area contributed by atoms with Crippen LogP contribution < -0.4 is 15.4 Å². The molecule has 0 unspecified atom stereocenters. The van der Waals surface area contributed by atoms with Crippen molar-refractivity contribution in [3.8, 4) is 5.75 Å². The third-order valence-electron chi connectivity index (χ3n) is 3.74. The van der Waals surface area contributed by atoms with Crippen molar-refractivity contribution in [1.29, 1.82) is 0 Å². The Bertz CT molecular complexity index is 712. The molecule has 1 aliphatic carbocycles. The number of hydrogen-bond donors (Lipinski definition) is 2. The van der Waals surface area contributed by atoms with Crippen LogP contribution in [-0.2, 0) is 4.79 Å². The normalized spacial score (nSPS) is 13.2. The summed E-state index contributed by atoms with van der Waals surface area (Å²) in [5.41, 5.74) is 1.17. The number of carbonyl (C=O) groups is 2. The lowest BCUT2D eigenvalue weighted by atomic mass is 10.2. The highest BCUT2D eigenvalue weighted by Gasteiger charge is 2.29. The molecule has 1 saturated carbocycles. The molecule has 3 rings (SSSR count). The average molecular weight is 324 g/mol. The third-order valence-corrected chi connectivity index (χ3v) is 3.74. The molecule has 2 N–H and O–H groups in total. The minimum atomic E-state index is -0.186. The highest BCUT2D eigenvalue weighted by Crippen LogP contribution is 2.30. The number of rotatable bonds is 7. The molecule has 0 atom stereocenters. The van der Waals surface area contributed by atoms with Crippen LogP contribution in [0.4, 0.5) is 5.69 Å². The minimum Gasteiger partial charge on any atom is -0.492 e. The Balaban J connectivity index is 1.46. The number of nitrogens with one attached hydrogen (secondary N) is 2. The van der Waals surface area contributed by atoms with E-state index in [-0.39, 0.29) is 17.7 Å². The SMILES string of the molecule is O=C(NCCOc1ccccc1)c1cccc(NC(=O)C2CC2)c1. The summed E-state index contributed by atoms with van der Waals surface area (Å²) in [6, 6.07) is 16.4. The number of ether oxygens (including phenoxy) is 1. The molecule has 124 valence electrons. The van der Waals surface area contributed by atoms with Gasteiger partial charge in [-0.2, -0.15) is 0 Å². The fraction of sp³-hybridized carbons (Fsp3) is 0.263. The first-order valence-electron chi connectivity index (χ1n) is 8.09. The first-order valence-corrected chi connectivity index (χ1v) is 8.09. The van der Waals surface area contributed by atoms with Crippen molar-refractivity contribution in [1.82, 2.24) is 5.32 Å². The van der Waals surface area contributed by atoms with Gasteiger partial charge in [-0.05, 0) is 43.2 Å². The van der Waals surface area contributed by atoms with Gasteiger partial charge in [0.25, 0.3) is 5.91 Å². The summed E-state index contributed by atoms with van der Waals surface area (Å²) in [6.45, 7) is 0.806.